The summed E-state index contributed by atoms with van der Waals surface area (Å²) in [6.45, 7) is 0. The first kappa shape index (κ1) is 16.1. The molecule has 23 heavy (non-hydrogen) atoms. The smallest absolute Gasteiger partial charge is 0.159 e. The van der Waals surface area contributed by atoms with Crippen LogP contribution in [0.1, 0.15) is 11.3 Å². The average molecular weight is 369 g/mol. The Bertz CT molecular complexity index is 899. The highest BCUT2D eigenvalue weighted by molar-refractivity contribution is 6.37. The topological polar surface area (TPSA) is 61.0 Å². The molecule has 0 saturated heterocycles. The molecule has 2 N–H and O–H groups in total. The van der Waals surface area contributed by atoms with E-state index in [4.69, 9.17) is 45.3 Å². The molecule has 118 valence electrons. The summed E-state index contributed by atoms with van der Waals surface area (Å²) in [5.41, 5.74) is 8.19. The molecule has 7 heteroatoms. The molecule has 0 saturated carbocycles. The van der Waals surface area contributed by atoms with Crippen molar-refractivity contribution in [3.8, 4) is 5.75 Å². The first-order valence-corrected chi connectivity index (χ1v) is 7.85. The average Bonchev–Trinajstić information content (AvgIpc) is 2.53. The number of fused-ring (bicyclic) bond motifs is 1. The van der Waals surface area contributed by atoms with E-state index in [-0.39, 0.29) is 0 Å². The maximum Gasteiger partial charge on any atom is 0.159 e. The van der Waals surface area contributed by atoms with E-state index in [0.29, 0.717) is 44.1 Å². The van der Waals surface area contributed by atoms with Crippen molar-refractivity contribution < 1.29 is 4.74 Å². The van der Waals surface area contributed by atoms with Crippen LogP contribution in [0.5, 0.6) is 5.75 Å². The number of hydrogen-bond donors (Lipinski definition) is 1. The Hall–Kier alpha value is -1.75. The van der Waals surface area contributed by atoms with Gasteiger partial charge in [0.15, 0.2) is 5.15 Å². The van der Waals surface area contributed by atoms with Crippen molar-refractivity contribution >= 4 is 51.3 Å². The van der Waals surface area contributed by atoms with E-state index >= 15 is 0 Å². The van der Waals surface area contributed by atoms with Crippen LogP contribution in [0, 0.1) is 0 Å². The monoisotopic (exact) mass is 367 g/mol. The fraction of sp³-hybridized carbons (Fsp3) is 0.125. The van der Waals surface area contributed by atoms with Gasteiger partial charge in [-0.1, -0.05) is 40.9 Å². The quantitative estimate of drug-likeness (QED) is 0.676. The molecular formula is C16H12Cl3N3O. The van der Waals surface area contributed by atoms with Crippen molar-refractivity contribution in [1.29, 1.82) is 0 Å². The lowest BCUT2D eigenvalue weighted by molar-refractivity contribution is 0.415. The molecule has 3 rings (SSSR count). The minimum atomic E-state index is 0.292. The number of aromatic nitrogens is 2. The fourth-order valence-electron chi connectivity index (χ4n) is 2.42. The molecule has 0 amide bonds. The predicted octanol–water partition coefficient (Wildman–Crippen LogP) is 4.77. The standard InChI is InChI=1S/C16H12Cl3N3O/c1-23-13-5-2-8(6-11(13)18)7-12-14-9(16(19)22-21-12)3-4-10(17)15(14)20/h2-6H,7,20H2,1H3. The Kier molecular flexibility index (Phi) is 4.48. The summed E-state index contributed by atoms with van der Waals surface area (Å²) >= 11 is 18.4. The summed E-state index contributed by atoms with van der Waals surface area (Å²) in [5.74, 6) is 0.616. The van der Waals surface area contributed by atoms with Gasteiger partial charge < -0.3 is 10.5 Å². The third kappa shape index (κ3) is 3.02. The zero-order valence-electron chi connectivity index (χ0n) is 12.1. The lowest BCUT2D eigenvalue weighted by atomic mass is 10.0. The maximum atomic E-state index is 6.17. The molecule has 1 heterocycles. The van der Waals surface area contributed by atoms with Crippen LogP contribution in [0.4, 0.5) is 5.69 Å². The van der Waals surface area contributed by atoms with Crippen molar-refractivity contribution in [2.75, 3.05) is 12.8 Å². The molecule has 0 unspecified atom stereocenters. The third-order valence-electron chi connectivity index (χ3n) is 3.55. The number of benzene rings is 2. The van der Waals surface area contributed by atoms with Gasteiger partial charge in [-0.25, -0.2) is 0 Å². The van der Waals surface area contributed by atoms with Gasteiger partial charge in [0, 0.05) is 17.2 Å². The van der Waals surface area contributed by atoms with E-state index in [1.165, 1.54) is 0 Å². The van der Waals surface area contributed by atoms with Crippen LogP contribution >= 0.6 is 34.8 Å². The van der Waals surface area contributed by atoms with Crippen molar-refractivity contribution in [2.45, 2.75) is 6.42 Å². The largest absolute Gasteiger partial charge is 0.495 e. The summed E-state index contributed by atoms with van der Waals surface area (Å²) < 4.78 is 5.16. The number of nitrogen functional groups attached to an aromatic ring is 1. The molecule has 1 aromatic heterocycles. The summed E-state index contributed by atoms with van der Waals surface area (Å²) in [6.07, 6.45) is 0.495. The Morgan fingerprint density at radius 3 is 2.52 bits per heavy atom. The van der Waals surface area contributed by atoms with Gasteiger partial charge in [-0.05, 0) is 29.8 Å². The molecule has 0 aliphatic rings. The Morgan fingerprint density at radius 1 is 1.04 bits per heavy atom. The second kappa shape index (κ2) is 6.40. The van der Waals surface area contributed by atoms with E-state index in [0.717, 1.165) is 10.9 Å². The number of rotatable bonds is 3. The summed E-state index contributed by atoms with van der Waals surface area (Å²) in [7, 11) is 1.57. The third-order valence-corrected chi connectivity index (χ3v) is 4.45. The number of anilines is 1. The van der Waals surface area contributed by atoms with Gasteiger partial charge >= 0.3 is 0 Å². The van der Waals surface area contributed by atoms with Crippen LogP contribution in [-0.4, -0.2) is 17.3 Å². The minimum absolute atomic E-state index is 0.292. The summed E-state index contributed by atoms with van der Waals surface area (Å²) in [6, 6.07) is 9.02. The van der Waals surface area contributed by atoms with Crippen LogP contribution in [0.25, 0.3) is 10.8 Å². The molecular weight excluding hydrogens is 357 g/mol. The molecule has 0 radical (unpaired) electrons. The molecule has 0 aliphatic carbocycles. The van der Waals surface area contributed by atoms with Gasteiger partial charge in [0.2, 0.25) is 0 Å². The summed E-state index contributed by atoms with van der Waals surface area (Å²) in [4.78, 5) is 0. The molecule has 4 nitrogen and oxygen atoms in total. The van der Waals surface area contributed by atoms with Crippen LogP contribution in [0.2, 0.25) is 15.2 Å². The Balaban J connectivity index is 2.12. The highest BCUT2D eigenvalue weighted by atomic mass is 35.5. The maximum absolute atomic E-state index is 6.17. The molecule has 0 bridgehead atoms. The van der Waals surface area contributed by atoms with Crippen LogP contribution < -0.4 is 10.5 Å². The minimum Gasteiger partial charge on any atom is -0.495 e. The van der Waals surface area contributed by atoms with Gasteiger partial charge in [0.1, 0.15) is 5.75 Å². The first-order chi connectivity index (χ1) is 11.0. The number of nitrogens with zero attached hydrogens (tertiary/aromatic N) is 2. The number of methoxy groups -OCH3 is 1. The zero-order chi connectivity index (χ0) is 16.6. The second-order valence-electron chi connectivity index (χ2n) is 4.97. The van der Waals surface area contributed by atoms with Gasteiger partial charge in [-0.3, -0.25) is 0 Å². The SMILES string of the molecule is COc1ccc(Cc2nnc(Cl)c3ccc(Cl)c(N)c23)cc1Cl. The van der Waals surface area contributed by atoms with E-state index in [1.54, 1.807) is 25.3 Å². The Labute approximate surface area is 148 Å². The van der Waals surface area contributed by atoms with Gasteiger partial charge in [-0.2, -0.15) is 5.10 Å². The molecule has 0 fully saturated rings. The van der Waals surface area contributed by atoms with E-state index in [1.807, 2.05) is 12.1 Å². The fourth-order valence-corrected chi connectivity index (χ4v) is 3.06. The lowest BCUT2D eigenvalue weighted by Crippen LogP contribution is -2.01. The Morgan fingerprint density at radius 2 is 1.83 bits per heavy atom. The van der Waals surface area contributed by atoms with Crippen molar-refractivity contribution in [3.63, 3.8) is 0 Å². The van der Waals surface area contributed by atoms with Crippen molar-refractivity contribution in [1.82, 2.24) is 10.2 Å². The molecule has 2 aromatic carbocycles. The predicted molar refractivity (Wildman–Crippen MR) is 94.8 cm³/mol. The first-order valence-electron chi connectivity index (χ1n) is 6.72. The van der Waals surface area contributed by atoms with Gasteiger partial charge in [0.05, 0.1) is 28.5 Å². The van der Waals surface area contributed by atoms with E-state index in [9.17, 15) is 0 Å². The lowest BCUT2D eigenvalue weighted by Gasteiger charge is -2.11. The van der Waals surface area contributed by atoms with Crippen molar-refractivity contribution in [2.24, 2.45) is 0 Å². The molecule has 0 aliphatic heterocycles. The van der Waals surface area contributed by atoms with Gasteiger partial charge in [0.25, 0.3) is 0 Å². The summed E-state index contributed by atoms with van der Waals surface area (Å²) in [5, 5.41) is 10.9. The van der Waals surface area contributed by atoms with Crippen LogP contribution in [-0.2, 0) is 6.42 Å². The van der Waals surface area contributed by atoms with Crippen LogP contribution in [0.15, 0.2) is 30.3 Å². The normalized spacial score (nSPS) is 11.0. The molecule has 0 spiro atoms. The number of ether oxygens (including phenoxy) is 1. The van der Waals surface area contributed by atoms with Crippen molar-refractivity contribution in [3.05, 3.63) is 56.8 Å². The molecule has 0 atom stereocenters. The number of halogens is 3. The molecule has 3 aromatic rings. The van der Waals surface area contributed by atoms with E-state index < -0.39 is 0 Å². The van der Waals surface area contributed by atoms with E-state index in [2.05, 4.69) is 10.2 Å². The number of hydrogen-bond acceptors (Lipinski definition) is 4. The van der Waals surface area contributed by atoms with Crippen LogP contribution in [0.3, 0.4) is 0 Å². The highest BCUT2D eigenvalue weighted by Crippen LogP contribution is 2.34. The number of nitrogens with two attached hydrogens (primary N) is 1. The highest BCUT2D eigenvalue weighted by Gasteiger charge is 2.14. The van der Waals surface area contributed by atoms with Gasteiger partial charge in [-0.15, -0.1) is 5.10 Å². The zero-order valence-corrected chi connectivity index (χ0v) is 14.4. The second-order valence-corrected chi connectivity index (χ2v) is 6.14.